The van der Waals surface area contributed by atoms with Gasteiger partial charge in [0.05, 0.1) is 17.5 Å². The molecule has 2 aliphatic heterocycles. The van der Waals surface area contributed by atoms with Crippen LogP contribution in [0.4, 0.5) is 0 Å². The van der Waals surface area contributed by atoms with Crippen LogP contribution in [0.15, 0.2) is 51.8 Å². The lowest BCUT2D eigenvalue weighted by Crippen LogP contribution is -2.44. The lowest BCUT2D eigenvalue weighted by Gasteiger charge is -2.32. The minimum Gasteiger partial charge on any atom is -0.493 e. The molecule has 2 aliphatic rings. The number of ether oxygens (including phenoxy) is 1. The minimum absolute atomic E-state index is 0.0137. The second-order valence-electron chi connectivity index (χ2n) is 7.87. The molecule has 0 aliphatic carbocycles. The van der Waals surface area contributed by atoms with E-state index in [1.165, 1.54) is 4.31 Å². The first-order valence-electron chi connectivity index (χ1n) is 10.1. The maximum atomic E-state index is 12.9. The van der Waals surface area contributed by atoms with Crippen LogP contribution in [-0.4, -0.2) is 38.3 Å². The molecule has 0 radical (unpaired) electrons. The minimum atomic E-state index is -3.52. The fourth-order valence-corrected chi connectivity index (χ4v) is 5.87. The summed E-state index contributed by atoms with van der Waals surface area (Å²) in [6.45, 7) is 3.19. The average Bonchev–Trinajstić information content (AvgIpc) is 2.74. The lowest BCUT2D eigenvalue weighted by molar-refractivity contribution is -0.127. The Morgan fingerprint density at radius 3 is 2.50 bits per heavy atom. The van der Waals surface area contributed by atoms with Crippen LogP contribution in [0, 0.1) is 12.8 Å². The highest BCUT2D eigenvalue weighted by atomic mass is 79.9. The third-order valence-electron chi connectivity index (χ3n) is 5.81. The predicted molar refractivity (Wildman–Crippen MR) is 118 cm³/mol. The van der Waals surface area contributed by atoms with Crippen molar-refractivity contribution in [2.24, 2.45) is 5.92 Å². The highest BCUT2D eigenvalue weighted by Gasteiger charge is 2.33. The van der Waals surface area contributed by atoms with Crippen molar-refractivity contribution in [3.63, 3.8) is 0 Å². The number of aryl methyl sites for hydroxylation is 1. The Morgan fingerprint density at radius 1 is 1.10 bits per heavy atom. The summed E-state index contributed by atoms with van der Waals surface area (Å²) in [6, 6.07) is 12.6. The fraction of sp³-hybridized carbons (Fsp3) is 0.409. The van der Waals surface area contributed by atoms with Gasteiger partial charge in [-0.2, -0.15) is 4.31 Å². The molecule has 0 bridgehead atoms. The number of piperidine rings is 1. The lowest BCUT2D eigenvalue weighted by atomic mass is 9.95. The first kappa shape index (κ1) is 21.3. The molecule has 2 heterocycles. The topological polar surface area (TPSA) is 75.7 Å². The zero-order valence-electron chi connectivity index (χ0n) is 16.8. The number of fused-ring (bicyclic) bond motifs is 1. The highest BCUT2D eigenvalue weighted by molar-refractivity contribution is 9.10. The van der Waals surface area contributed by atoms with Crippen LogP contribution in [0.1, 0.15) is 36.4 Å². The van der Waals surface area contributed by atoms with Crippen molar-refractivity contribution in [3.05, 3.63) is 58.1 Å². The SMILES string of the molecule is Cc1ccc(S(=O)(=O)N2CCC(C(=O)NC3CCOc4ccc(Br)cc43)CC2)cc1. The molecule has 0 saturated carbocycles. The van der Waals surface area contributed by atoms with Gasteiger partial charge in [-0.25, -0.2) is 8.42 Å². The Morgan fingerprint density at radius 2 is 1.80 bits per heavy atom. The van der Waals surface area contributed by atoms with Crippen LogP contribution >= 0.6 is 15.9 Å². The quantitative estimate of drug-likeness (QED) is 0.703. The van der Waals surface area contributed by atoms with E-state index in [0.717, 1.165) is 27.8 Å². The normalized spacial score (nSPS) is 20.3. The average molecular weight is 493 g/mol. The van der Waals surface area contributed by atoms with Crippen LogP contribution in [0.5, 0.6) is 5.75 Å². The van der Waals surface area contributed by atoms with E-state index < -0.39 is 10.0 Å². The molecule has 160 valence electrons. The molecule has 1 N–H and O–H groups in total. The van der Waals surface area contributed by atoms with E-state index in [-0.39, 0.29) is 17.9 Å². The van der Waals surface area contributed by atoms with Crippen molar-refractivity contribution >= 4 is 31.9 Å². The first-order valence-corrected chi connectivity index (χ1v) is 12.4. The number of carbonyl (C=O) groups is 1. The van der Waals surface area contributed by atoms with Crippen LogP contribution in [0.3, 0.4) is 0 Å². The molecule has 1 atom stereocenters. The number of rotatable bonds is 4. The molecule has 0 spiro atoms. The number of hydrogen-bond donors (Lipinski definition) is 1. The van der Waals surface area contributed by atoms with Crippen LogP contribution < -0.4 is 10.1 Å². The molecule has 1 fully saturated rings. The number of nitrogens with zero attached hydrogens (tertiary/aromatic N) is 1. The summed E-state index contributed by atoms with van der Waals surface area (Å²) in [5, 5.41) is 3.16. The number of halogens is 1. The summed E-state index contributed by atoms with van der Waals surface area (Å²) in [6.07, 6.45) is 1.76. The highest BCUT2D eigenvalue weighted by Crippen LogP contribution is 2.34. The summed E-state index contributed by atoms with van der Waals surface area (Å²) in [5.74, 6) is 0.599. The maximum absolute atomic E-state index is 12.9. The monoisotopic (exact) mass is 492 g/mol. The summed E-state index contributed by atoms with van der Waals surface area (Å²) in [7, 11) is -3.52. The zero-order chi connectivity index (χ0) is 21.3. The molecular formula is C22H25BrN2O4S. The van der Waals surface area contributed by atoms with Gasteiger partial charge < -0.3 is 10.1 Å². The van der Waals surface area contributed by atoms with Gasteiger partial charge >= 0.3 is 0 Å². The van der Waals surface area contributed by atoms with Gasteiger partial charge in [0.15, 0.2) is 0 Å². The second-order valence-corrected chi connectivity index (χ2v) is 10.7. The van der Waals surface area contributed by atoms with E-state index in [0.29, 0.717) is 37.4 Å². The third-order valence-corrected chi connectivity index (χ3v) is 8.22. The van der Waals surface area contributed by atoms with E-state index in [1.807, 2.05) is 25.1 Å². The third kappa shape index (κ3) is 4.40. The van der Waals surface area contributed by atoms with Gasteiger partial charge in [0, 0.05) is 35.5 Å². The van der Waals surface area contributed by atoms with E-state index >= 15 is 0 Å². The summed E-state index contributed by atoms with van der Waals surface area (Å²) >= 11 is 3.48. The van der Waals surface area contributed by atoms with Gasteiger partial charge in [0.25, 0.3) is 0 Å². The van der Waals surface area contributed by atoms with Crippen molar-refractivity contribution in [1.29, 1.82) is 0 Å². The molecule has 30 heavy (non-hydrogen) atoms. The smallest absolute Gasteiger partial charge is 0.243 e. The molecule has 2 aromatic carbocycles. The number of benzene rings is 2. The number of amides is 1. The Bertz CT molecular complexity index is 1030. The molecule has 1 amide bonds. The van der Waals surface area contributed by atoms with Gasteiger partial charge in [0.2, 0.25) is 15.9 Å². The van der Waals surface area contributed by atoms with Crippen molar-refractivity contribution in [2.45, 2.75) is 37.1 Å². The predicted octanol–water partition coefficient (Wildman–Crippen LogP) is 3.80. The molecule has 6 nitrogen and oxygen atoms in total. The Hall–Kier alpha value is -1.90. The molecular weight excluding hydrogens is 468 g/mol. The Balaban J connectivity index is 1.38. The van der Waals surface area contributed by atoms with E-state index in [4.69, 9.17) is 4.74 Å². The largest absolute Gasteiger partial charge is 0.493 e. The van der Waals surface area contributed by atoms with Gasteiger partial charge in [0.1, 0.15) is 5.75 Å². The van der Waals surface area contributed by atoms with Gasteiger partial charge in [-0.05, 0) is 50.1 Å². The van der Waals surface area contributed by atoms with E-state index in [1.54, 1.807) is 24.3 Å². The van der Waals surface area contributed by atoms with Crippen molar-refractivity contribution in [2.75, 3.05) is 19.7 Å². The molecule has 1 unspecified atom stereocenters. The standard InChI is InChI=1S/C22H25BrN2O4S/c1-15-2-5-18(6-3-15)30(27,28)25-11-8-16(9-12-25)22(26)24-20-10-13-29-21-7-4-17(23)14-19(20)21/h2-7,14,16,20H,8-13H2,1H3,(H,24,26). The molecule has 0 aromatic heterocycles. The van der Waals surface area contributed by atoms with Crippen LogP contribution in [0.2, 0.25) is 0 Å². The summed E-state index contributed by atoms with van der Waals surface area (Å²) in [4.78, 5) is 13.2. The summed E-state index contributed by atoms with van der Waals surface area (Å²) in [5.41, 5.74) is 1.99. The fourth-order valence-electron chi connectivity index (χ4n) is 4.02. The zero-order valence-corrected chi connectivity index (χ0v) is 19.2. The van der Waals surface area contributed by atoms with Crippen molar-refractivity contribution < 1.29 is 17.9 Å². The van der Waals surface area contributed by atoms with Gasteiger partial charge in [-0.3, -0.25) is 4.79 Å². The number of carbonyl (C=O) groups excluding carboxylic acids is 1. The first-order chi connectivity index (χ1) is 14.3. The van der Waals surface area contributed by atoms with E-state index in [9.17, 15) is 13.2 Å². The molecule has 1 saturated heterocycles. The molecule has 8 heteroatoms. The van der Waals surface area contributed by atoms with Gasteiger partial charge in [-0.15, -0.1) is 0 Å². The van der Waals surface area contributed by atoms with Crippen LogP contribution in [0.25, 0.3) is 0 Å². The second kappa shape index (κ2) is 8.69. The Labute approximate surface area is 185 Å². The van der Waals surface area contributed by atoms with Crippen molar-refractivity contribution in [3.8, 4) is 5.75 Å². The molecule has 4 rings (SSSR count). The van der Waals surface area contributed by atoms with E-state index in [2.05, 4.69) is 21.2 Å². The maximum Gasteiger partial charge on any atom is 0.243 e. The molecule has 2 aromatic rings. The number of sulfonamides is 1. The van der Waals surface area contributed by atoms with Crippen LogP contribution in [-0.2, 0) is 14.8 Å². The summed E-state index contributed by atoms with van der Waals surface area (Å²) < 4.78 is 33.9. The van der Waals surface area contributed by atoms with Gasteiger partial charge in [-0.1, -0.05) is 33.6 Å². The van der Waals surface area contributed by atoms with Crippen molar-refractivity contribution in [1.82, 2.24) is 9.62 Å². The number of hydrogen-bond acceptors (Lipinski definition) is 4. The Kier molecular flexibility index (Phi) is 6.18. The number of nitrogens with one attached hydrogen (secondary N) is 1.